The molecule has 1 aromatic carbocycles. The van der Waals surface area contributed by atoms with Gasteiger partial charge in [0, 0.05) is 12.6 Å². The maximum absolute atomic E-state index is 12.1. The van der Waals surface area contributed by atoms with Crippen LogP contribution in [0.25, 0.3) is 5.69 Å². The number of rotatable bonds is 5. The summed E-state index contributed by atoms with van der Waals surface area (Å²) in [6.07, 6.45) is 0. The molecule has 0 bridgehead atoms. The SMILES string of the molecule is CNC(C)CNC(=O)c1nnn(-c2ccccc2)c1C. The lowest BCUT2D eigenvalue weighted by atomic mass is 10.2. The Labute approximate surface area is 118 Å². The Morgan fingerprint density at radius 2 is 2.05 bits per heavy atom. The predicted molar refractivity (Wildman–Crippen MR) is 77.0 cm³/mol. The molecule has 2 rings (SSSR count). The Balaban J connectivity index is 2.15. The van der Waals surface area contributed by atoms with E-state index in [1.807, 2.05) is 51.2 Å². The van der Waals surface area contributed by atoms with Crippen molar-refractivity contribution in [1.82, 2.24) is 25.6 Å². The molecule has 6 nitrogen and oxygen atoms in total. The Morgan fingerprint density at radius 1 is 1.35 bits per heavy atom. The van der Waals surface area contributed by atoms with Crippen molar-refractivity contribution in [2.45, 2.75) is 19.9 Å². The van der Waals surface area contributed by atoms with Crippen LogP contribution < -0.4 is 10.6 Å². The molecule has 20 heavy (non-hydrogen) atoms. The molecule has 6 heteroatoms. The molecule has 1 amide bonds. The van der Waals surface area contributed by atoms with Crippen LogP contribution in [-0.2, 0) is 0 Å². The molecule has 0 saturated heterocycles. The summed E-state index contributed by atoms with van der Waals surface area (Å²) < 4.78 is 1.66. The highest BCUT2D eigenvalue weighted by molar-refractivity contribution is 5.93. The third kappa shape index (κ3) is 3.03. The minimum absolute atomic E-state index is 0.202. The first-order valence-corrected chi connectivity index (χ1v) is 6.56. The zero-order chi connectivity index (χ0) is 14.5. The fraction of sp³-hybridized carbons (Fsp3) is 0.357. The molecular weight excluding hydrogens is 254 g/mol. The second-order valence-corrected chi connectivity index (χ2v) is 4.67. The number of amides is 1. The van der Waals surface area contributed by atoms with Crippen LogP contribution in [0, 0.1) is 6.92 Å². The molecule has 0 fully saturated rings. The molecule has 0 aliphatic heterocycles. The van der Waals surface area contributed by atoms with Crippen molar-refractivity contribution >= 4 is 5.91 Å². The molecule has 1 unspecified atom stereocenters. The highest BCUT2D eigenvalue weighted by Gasteiger charge is 2.17. The monoisotopic (exact) mass is 273 g/mol. The zero-order valence-electron chi connectivity index (χ0n) is 11.9. The molecule has 0 aliphatic rings. The predicted octanol–water partition coefficient (Wildman–Crippen LogP) is 0.913. The summed E-state index contributed by atoms with van der Waals surface area (Å²) in [5.74, 6) is -0.202. The summed E-state index contributed by atoms with van der Waals surface area (Å²) in [5, 5.41) is 13.9. The van der Waals surface area contributed by atoms with Crippen molar-refractivity contribution in [2.24, 2.45) is 0 Å². The average Bonchev–Trinajstić information content (AvgIpc) is 2.87. The van der Waals surface area contributed by atoms with Gasteiger partial charge in [-0.25, -0.2) is 4.68 Å². The molecule has 106 valence electrons. The van der Waals surface area contributed by atoms with Gasteiger partial charge in [-0.05, 0) is 33.0 Å². The zero-order valence-corrected chi connectivity index (χ0v) is 11.9. The number of nitrogens with zero attached hydrogens (tertiary/aromatic N) is 3. The number of hydrogen-bond acceptors (Lipinski definition) is 4. The van der Waals surface area contributed by atoms with Gasteiger partial charge >= 0.3 is 0 Å². The Morgan fingerprint density at radius 3 is 2.70 bits per heavy atom. The van der Waals surface area contributed by atoms with Gasteiger partial charge in [0.25, 0.3) is 5.91 Å². The van der Waals surface area contributed by atoms with Crippen LogP contribution in [0.15, 0.2) is 30.3 Å². The first-order chi connectivity index (χ1) is 9.63. The van der Waals surface area contributed by atoms with E-state index < -0.39 is 0 Å². The van der Waals surface area contributed by atoms with E-state index in [2.05, 4.69) is 20.9 Å². The maximum Gasteiger partial charge on any atom is 0.273 e. The van der Waals surface area contributed by atoms with Gasteiger partial charge < -0.3 is 10.6 Å². The lowest BCUT2D eigenvalue weighted by Gasteiger charge is -2.10. The summed E-state index contributed by atoms with van der Waals surface area (Å²) in [7, 11) is 1.85. The molecule has 2 aromatic rings. The van der Waals surface area contributed by atoms with E-state index in [0.717, 1.165) is 11.4 Å². The number of carbonyl (C=O) groups is 1. The highest BCUT2D eigenvalue weighted by Crippen LogP contribution is 2.11. The quantitative estimate of drug-likeness (QED) is 0.849. The number of para-hydroxylation sites is 1. The van der Waals surface area contributed by atoms with Crippen molar-refractivity contribution in [1.29, 1.82) is 0 Å². The summed E-state index contributed by atoms with van der Waals surface area (Å²) in [6, 6.07) is 9.83. The van der Waals surface area contributed by atoms with E-state index >= 15 is 0 Å². The van der Waals surface area contributed by atoms with Crippen LogP contribution in [0.4, 0.5) is 0 Å². The smallest absolute Gasteiger partial charge is 0.273 e. The van der Waals surface area contributed by atoms with E-state index in [9.17, 15) is 4.79 Å². The molecular formula is C14H19N5O. The largest absolute Gasteiger partial charge is 0.349 e. The van der Waals surface area contributed by atoms with Gasteiger partial charge in [0.1, 0.15) is 0 Å². The van der Waals surface area contributed by atoms with Crippen LogP contribution in [0.5, 0.6) is 0 Å². The molecule has 0 saturated carbocycles. The van der Waals surface area contributed by atoms with Crippen LogP contribution in [0.2, 0.25) is 0 Å². The van der Waals surface area contributed by atoms with Crippen LogP contribution in [0.1, 0.15) is 23.1 Å². The first-order valence-electron chi connectivity index (χ1n) is 6.56. The van der Waals surface area contributed by atoms with Crippen molar-refractivity contribution in [2.75, 3.05) is 13.6 Å². The highest BCUT2D eigenvalue weighted by atomic mass is 16.2. The number of nitrogens with one attached hydrogen (secondary N) is 2. The number of hydrogen-bond donors (Lipinski definition) is 2. The lowest BCUT2D eigenvalue weighted by molar-refractivity contribution is 0.0945. The lowest BCUT2D eigenvalue weighted by Crippen LogP contribution is -2.37. The Bertz CT molecular complexity index is 579. The van der Waals surface area contributed by atoms with E-state index in [0.29, 0.717) is 12.2 Å². The van der Waals surface area contributed by atoms with Crippen molar-refractivity contribution < 1.29 is 4.79 Å². The standard InChI is InChI=1S/C14H19N5O/c1-10(15-3)9-16-14(20)13-11(2)19(18-17-13)12-7-5-4-6-8-12/h4-8,10,15H,9H2,1-3H3,(H,16,20). The number of benzene rings is 1. The summed E-state index contributed by atoms with van der Waals surface area (Å²) in [5.41, 5.74) is 1.98. The van der Waals surface area contributed by atoms with Crippen LogP contribution >= 0.6 is 0 Å². The summed E-state index contributed by atoms with van der Waals surface area (Å²) >= 11 is 0. The first kappa shape index (κ1) is 14.2. The molecule has 0 spiro atoms. The van der Waals surface area contributed by atoms with E-state index in [4.69, 9.17) is 0 Å². The Kier molecular flexibility index (Phi) is 4.47. The second kappa shape index (κ2) is 6.29. The number of carbonyl (C=O) groups excluding carboxylic acids is 1. The topological polar surface area (TPSA) is 71.8 Å². The Hall–Kier alpha value is -2.21. The summed E-state index contributed by atoms with van der Waals surface area (Å²) in [6.45, 7) is 4.38. The van der Waals surface area contributed by atoms with E-state index in [1.165, 1.54) is 0 Å². The van der Waals surface area contributed by atoms with Crippen molar-refractivity contribution in [3.63, 3.8) is 0 Å². The second-order valence-electron chi connectivity index (χ2n) is 4.67. The summed E-state index contributed by atoms with van der Waals surface area (Å²) in [4.78, 5) is 12.1. The minimum atomic E-state index is -0.202. The maximum atomic E-state index is 12.1. The normalized spacial score (nSPS) is 12.2. The van der Waals surface area contributed by atoms with Gasteiger partial charge in [0.2, 0.25) is 0 Å². The van der Waals surface area contributed by atoms with Crippen molar-refractivity contribution in [3.8, 4) is 5.69 Å². The molecule has 0 aliphatic carbocycles. The van der Waals surface area contributed by atoms with Crippen molar-refractivity contribution in [3.05, 3.63) is 41.7 Å². The van der Waals surface area contributed by atoms with E-state index in [-0.39, 0.29) is 11.9 Å². The molecule has 2 N–H and O–H groups in total. The van der Waals surface area contributed by atoms with Crippen LogP contribution in [-0.4, -0.2) is 40.5 Å². The molecule has 1 atom stereocenters. The van der Waals surface area contributed by atoms with E-state index in [1.54, 1.807) is 4.68 Å². The van der Waals surface area contributed by atoms with Gasteiger partial charge in [0.15, 0.2) is 5.69 Å². The molecule has 1 heterocycles. The number of aromatic nitrogens is 3. The third-order valence-electron chi connectivity index (χ3n) is 3.17. The van der Waals surface area contributed by atoms with Gasteiger partial charge in [0.05, 0.1) is 11.4 Å². The van der Waals surface area contributed by atoms with Crippen LogP contribution in [0.3, 0.4) is 0 Å². The van der Waals surface area contributed by atoms with Gasteiger partial charge in [-0.3, -0.25) is 4.79 Å². The minimum Gasteiger partial charge on any atom is -0.349 e. The fourth-order valence-corrected chi connectivity index (χ4v) is 1.78. The average molecular weight is 273 g/mol. The van der Waals surface area contributed by atoms with Gasteiger partial charge in [-0.15, -0.1) is 5.10 Å². The number of likely N-dealkylation sites (N-methyl/N-ethyl adjacent to an activating group) is 1. The van der Waals surface area contributed by atoms with Gasteiger partial charge in [-0.2, -0.15) is 0 Å². The van der Waals surface area contributed by atoms with Gasteiger partial charge in [-0.1, -0.05) is 23.4 Å². The molecule has 0 radical (unpaired) electrons. The fourth-order valence-electron chi connectivity index (χ4n) is 1.78. The third-order valence-corrected chi connectivity index (χ3v) is 3.17. The molecule has 1 aromatic heterocycles.